The molecule has 1 aliphatic rings. The van der Waals surface area contributed by atoms with Gasteiger partial charge in [0.15, 0.2) is 0 Å². The van der Waals surface area contributed by atoms with E-state index in [1.165, 1.54) is 4.74 Å². The lowest BCUT2D eigenvalue weighted by atomic mass is 10.2. The number of nitrogens with one attached hydrogen (secondary N) is 1. The number of carbonyl (C=O) groups is 1. The van der Waals surface area contributed by atoms with Crippen LogP contribution < -0.4 is 10.9 Å². The van der Waals surface area contributed by atoms with Crippen molar-refractivity contribution < 1.29 is 14.1 Å². The van der Waals surface area contributed by atoms with Crippen LogP contribution in [0.4, 0.5) is 0 Å². The van der Waals surface area contributed by atoms with E-state index in [1.54, 1.807) is 14.0 Å². The van der Waals surface area contributed by atoms with Gasteiger partial charge >= 0.3 is 5.63 Å². The summed E-state index contributed by atoms with van der Waals surface area (Å²) < 4.78 is 11.4. The molecule has 0 saturated carbocycles. The molecule has 2 rings (SSSR count). The van der Waals surface area contributed by atoms with E-state index < -0.39 is 5.63 Å². The minimum absolute atomic E-state index is 0.0875. The van der Waals surface area contributed by atoms with E-state index in [0.717, 1.165) is 32.8 Å². The summed E-state index contributed by atoms with van der Waals surface area (Å²) in [7, 11) is 1.60. The quantitative estimate of drug-likeness (QED) is 0.786. The first-order valence-corrected chi connectivity index (χ1v) is 6.35. The Morgan fingerprint density at radius 1 is 1.37 bits per heavy atom. The fourth-order valence-corrected chi connectivity index (χ4v) is 2.04. The Bertz CT molecular complexity index is 500. The maximum absolute atomic E-state index is 11.9. The molecular formula is C12H19N3O4. The summed E-state index contributed by atoms with van der Waals surface area (Å²) in [6, 6.07) is 0. The summed E-state index contributed by atoms with van der Waals surface area (Å²) in [5.74, 6) is -0.375. The van der Waals surface area contributed by atoms with Crippen molar-refractivity contribution in [2.75, 3.05) is 39.4 Å². The normalized spacial score (nSPS) is 16.5. The molecule has 0 unspecified atom stereocenters. The maximum Gasteiger partial charge on any atom is 0.370 e. The van der Waals surface area contributed by atoms with Gasteiger partial charge in [0.05, 0.1) is 18.9 Å². The zero-order valence-corrected chi connectivity index (χ0v) is 11.3. The molecule has 0 aliphatic carbocycles. The number of nitrogens with zero attached hydrogens (tertiary/aromatic N) is 2. The number of ether oxygens (including phenoxy) is 1. The third-order valence-electron chi connectivity index (χ3n) is 3.30. The number of morpholine rings is 1. The molecule has 0 radical (unpaired) electrons. The predicted octanol–water partition coefficient (Wildman–Crippen LogP) is -0.651. The van der Waals surface area contributed by atoms with Crippen LogP contribution >= 0.6 is 0 Å². The molecular weight excluding hydrogens is 250 g/mol. The molecule has 1 saturated heterocycles. The highest BCUT2D eigenvalue weighted by atomic mass is 16.5. The Balaban J connectivity index is 1.85. The Morgan fingerprint density at radius 2 is 2.05 bits per heavy atom. The van der Waals surface area contributed by atoms with E-state index in [-0.39, 0.29) is 11.5 Å². The van der Waals surface area contributed by atoms with Crippen LogP contribution in [0.15, 0.2) is 9.32 Å². The van der Waals surface area contributed by atoms with Crippen LogP contribution in [0.25, 0.3) is 0 Å². The van der Waals surface area contributed by atoms with Crippen LogP contribution in [0, 0.1) is 6.92 Å². The van der Waals surface area contributed by atoms with Crippen molar-refractivity contribution in [2.24, 2.45) is 7.05 Å². The predicted molar refractivity (Wildman–Crippen MR) is 68.3 cm³/mol. The van der Waals surface area contributed by atoms with Crippen LogP contribution in [0.2, 0.25) is 0 Å². The monoisotopic (exact) mass is 269 g/mol. The first-order chi connectivity index (χ1) is 9.09. The lowest BCUT2D eigenvalue weighted by molar-refractivity contribution is 0.0383. The molecule has 0 aromatic carbocycles. The van der Waals surface area contributed by atoms with E-state index in [2.05, 4.69) is 10.2 Å². The van der Waals surface area contributed by atoms with Crippen molar-refractivity contribution in [1.82, 2.24) is 15.0 Å². The molecule has 0 spiro atoms. The van der Waals surface area contributed by atoms with Gasteiger partial charge in [0, 0.05) is 33.2 Å². The fraction of sp³-hybridized carbons (Fsp3) is 0.667. The Kier molecular flexibility index (Phi) is 4.39. The van der Waals surface area contributed by atoms with Crippen LogP contribution in [-0.4, -0.2) is 54.9 Å². The number of hydrogen-bond donors (Lipinski definition) is 1. The van der Waals surface area contributed by atoms with Gasteiger partial charge in [0.1, 0.15) is 5.56 Å². The summed E-state index contributed by atoms with van der Waals surface area (Å²) in [5, 5.41) is 2.75. The van der Waals surface area contributed by atoms with E-state index >= 15 is 0 Å². The van der Waals surface area contributed by atoms with Gasteiger partial charge in [-0.05, 0) is 6.92 Å². The average molecular weight is 269 g/mol. The number of hydrogen-bond acceptors (Lipinski definition) is 5. The van der Waals surface area contributed by atoms with Gasteiger partial charge in [0.2, 0.25) is 0 Å². The Morgan fingerprint density at radius 3 is 2.63 bits per heavy atom. The summed E-state index contributed by atoms with van der Waals surface area (Å²) in [5.41, 5.74) is 0.0298. The highest BCUT2D eigenvalue weighted by molar-refractivity contribution is 5.94. The molecule has 1 aromatic heterocycles. The minimum Gasteiger partial charge on any atom is -0.379 e. The SMILES string of the molecule is Cc1c(C(=O)NCCN2CCOCC2)c(=O)on1C. The summed E-state index contributed by atoms with van der Waals surface area (Å²) in [6.45, 7) is 6.16. The van der Waals surface area contributed by atoms with Crippen molar-refractivity contribution in [2.45, 2.75) is 6.92 Å². The van der Waals surface area contributed by atoms with Crippen molar-refractivity contribution in [1.29, 1.82) is 0 Å². The molecule has 1 amide bonds. The number of amides is 1. The molecule has 0 bridgehead atoms. The third kappa shape index (κ3) is 3.24. The second-order valence-corrected chi connectivity index (χ2v) is 4.55. The van der Waals surface area contributed by atoms with E-state index in [0.29, 0.717) is 12.2 Å². The minimum atomic E-state index is -0.594. The molecule has 19 heavy (non-hydrogen) atoms. The molecule has 7 nitrogen and oxygen atoms in total. The molecule has 7 heteroatoms. The zero-order valence-electron chi connectivity index (χ0n) is 11.3. The number of aromatic nitrogens is 1. The average Bonchev–Trinajstić information content (AvgIpc) is 2.64. The third-order valence-corrected chi connectivity index (χ3v) is 3.30. The van der Waals surface area contributed by atoms with Gasteiger partial charge < -0.3 is 14.6 Å². The smallest absolute Gasteiger partial charge is 0.370 e. The topological polar surface area (TPSA) is 76.7 Å². The first-order valence-electron chi connectivity index (χ1n) is 6.35. The van der Waals surface area contributed by atoms with Gasteiger partial charge in [-0.3, -0.25) is 9.69 Å². The van der Waals surface area contributed by atoms with Gasteiger partial charge in [-0.15, -0.1) is 0 Å². The Hall–Kier alpha value is -1.60. The lowest BCUT2D eigenvalue weighted by Crippen LogP contribution is -2.41. The van der Waals surface area contributed by atoms with Crippen molar-refractivity contribution in [3.63, 3.8) is 0 Å². The highest BCUT2D eigenvalue weighted by Crippen LogP contribution is 2.02. The van der Waals surface area contributed by atoms with E-state index in [1.807, 2.05) is 0 Å². The standard InChI is InChI=1S/C12H19N3O4/c1-9-10(12(17)19-14(9)2)11(16)13-3-4-15-5-7-18-8-6-15/h3-8H2,1-2H3,(H,13,16). The molecule has 2 heterocycles. The maximum atomic E-state index is 11.9. The van der Waals surface area contributed by atoms with Gasteiger partial charge in [-0.25, -0.2) is 9.53 Å². The van der Waals surface area contributed by atoms with Crippen LogP contribution in [0.3, 0.4) is 0 Å². The van der Waals surface area contributed by atoms with Crippen molar-refractivity contribution >= 4 is 5.91 Å². The van der Waals surface area contributed by atoms with E-state index in [4.69, 9.17) is 9.26 Å². The van der Waals surface area contributed by atoms with Crippen LogP contribution in [0.1, 0.15) is 16.1 Å². The molecule has 1 aliphatic heterocycles. The molecule has 0 atom stereocenters. The fourth-order valence-electron chi connectivity index (χ4n) is 2.04. The van der Waals surface area contributed by atoms with Crippen LogP contribution in [0.5, 0.6) is 0 Å². The number of rotatable bonds is 4. The second-order valence-electron chi connectivity index (χ2n) is 4.55. The molecule has 106 valence electrons. The largest absolute Gasteiger partial charge is 0.379 e. The van der Waals surface area contributed by atoms with Crippen molar-refractivity contribution in [3.8, 4) is 0 Å². The summed E-state index contributed by atoms with van der Waals surface area (Å²) in [6.07, 6.45) is 0. The van der Waals surface area contributed by atoms with Crippen LogP contribution in [-0.2, 0) is 11.8 Å². The van der Waals surface area contributed by atoms with E-state index in [9.17, 15) is 9.59 Å². The second kappa shape index (κ2) is 6.03. The Labute approximate surface area is 111 Å². The highest BCUT2D eigenvalue weighted by Gasteiger charge is 2.19. The van der Waals surface area contributed by atoms with Gasteiger partial charge in [0.25, 0.3) is 5.91 Å². The lowest BCUT2D eigenvalue weighted by Gasteiger charge is -2.26. The van der Waals surface area contributed by atoms with Crippen molar-refractivity contribution in [3.05, 3.63) is 21.7 Å². The summed E-state index contributed by atoms with van der Waals surface area (Å²) >= 11 is 0. The van der Waals surface area contributed by atoms with Gasteiger partial charge in [-0.2, -0.15) is 0 Å². The zero-order chi connectivity index (χ0) is 13.8. The summed E-state index contributed by atoms with van der Waals surface area (Å²) in [4.78, 5) is 25.6. The number of aryl methyl sites for hydroxylation is 1. The number of carbonyl (C=O) groups excluding carboxylic acids is 1. The molecule has 1 fully saturated rings. The molecule has 1 N–H and O–H groups in total. The first kappa shape index (κ1) is 13.8. The van der Waals surface area contributed by atoms with Gasteiger partial charge in [-0.1, -0.05) is 0 Å². The molecule has 1 aromatic rings.